The van der Waals surface area contributed by atoms with Crippen LogP contribution in [-0.2, 0) is 14.4 Å². The van der Waals surface area contributed by atoms with E-state index in [2.05, 4.69) is 114 Å². The molecule has 10 rings (SSSR count). The normalized spacial score (nSPS) is 13.2. The maximum absolute atomic E-state index is 15.0. The molecule has 72 heavy (non-hydrogen) atoms. The number of rotatable bonds is 19. The molecular formula is C64H56N4O4. The highest BCUT2D eigenvalue weighted by molar-refractivity contribution is 6.30. The molecule has 0 fully saturated rings. The van der Waals surface area contributed by atoms with E-state index in [9.17, 15) is 19.5 Å². The Balaban J connectivity index is 0.977. The number of carboxylic acids is 1. The van der Waals surface area contributed by atoms with Crippen LogP contribution in [0.3, 0.4) is 0 Å². The lowest BCUT2D eigenvalue weighted by Crippen LogP contribution is -2.33. The Morgan fingerprint density at radius 1 is 0.375 bits per heavy atom. The summed E-state index contributed by atoms with van der Waals surface area (Å²) in [5.41, 5.74) is 12.8. The minimum atomic E-state index is -1.16. The molecular weight excluding hydrogens is 889 g/mol. The Morgan fingerprint density at radius 3 is 1.03 bits per heavy atom. The molecule has 0 atom stereocenters. The molecule has 0 bridgehead atoms. The number of benzene rings is 8. The smallest absolute Gasteiger partial charge is 0.323 e. The first kappa shape index (κ1) is 47.0. The molecule has 0 radical (unpaired) electrons. The number of nitrogens with zero attached hydrogens (tertiary/aromatic N) is 4. The van der Waals surface area contributed by atoms with Crippen molar-refractivity contribution in [1.29, 1.82) is 0 Å². The summed E-state index contributed by atoms with van der Waals surface area (Å²) in [5.74, 6) is -1.94. The average molecular weight is 945 g/mol. The molecule has 2 amide bonds. The van der Waals surface area contributed by atoms with Crippen LogP contribution in [0.25, 0.3) is 33.6 Å². The van der Waals surface area contributed by atoms with Crippen molar-refractivity contribution in [2.24, 2.45) is 0 Å². The van der Waals surface area contributed by atoms with E-state index in [0.717, 1.165) is 94.0 Å². The van der Waals surface area contributed by atoms with E-state index in [-0.39, 0.29) is 17.1 Å². The van der Waals surface area contributed by atoms with Crippen LogP contribution in [0.1, 0.15) is 56.6 Å². The summed E-state index contributed by atoms with van der Waals surface area (Å²) in [4.78, 5) is 49.7. The maximum atomic E-state index is 15.0. The number of unbranched alkanes of at least 4 members (excludes halogenated alkanes) is 5. The third kappa shape index (κ3) is 9.72. The van der Waals surface area contributed by atoms with Crippen LogP contribution in [0.4, 0.5) is 34.1 Å². The lowest BCUT2D eigenvalue weighted by Gasteiger charge is -2.25. The summed E-state index contributed by atoms with van der Waals surface area (Å²) in [5, 5.41) is 10.2. The third-order valence-electron chi connectivity index (χ3n) is 13.5. The summed E-state index contributed by atoms with van der Waals surface area (Å²) in [6.45, 7) is 2.05. The molecule has 1 N–H and O–H groups in total. The second-order valence-electron chi connectivity index (χ2n) is 18.2. The SMILES string of the molecule is CCCCCCCCN1C(=O)C2=C(c3ccc(-c4ccc(N(c5ccccc5)c5ccccc5)cc4)cc3)N(CC(=O)O)C(=O)C2=C1c1ccc(-c2ccc(N(c3ccccc3)c3ccccc3)cc2)cc1. The van der Waals surface area contributed by atoms with Gasteiger partial charge in [0.1, 0.15) is 6.54 Å². The molecule has 0 spiro atoms. The van der Waals surface area contributed by atoms with Gasteiger partial charge in [-0.2, -0.15) is 0 Å². The molecule has 8 heteroatoms. The fourth-order valence-corrected chi connectivity index (χ4v) is 10.00. The van der Waals surface area contributed by atoms with E-state index in [4.69, 9.17) is 0 Å². The van der Waals surface area contributed by atoms with Gasteiger partial charge in [0.15, 0.2) is 0 Å². The highest BCUT2D eigenvalue weighted by Crippen LogP contribution is 2.47. The number of hydrogen-bond acceptors (Lipinski definition) is 5. The fraction of sp³-hybridized carbons (Fsp3) is 0.141. The van der Waals surface area contributed by atoms with Crippen molar-refractivity contribution >= 4 is 63.3 Å². The molecule has 0 unspecified atom stereocenters. The van der Waals surface area contributed by atoms with Gasteiger partial charge >= 0.3 is 5.97 Å². The Hall–Kier alpha value is -8.75. The highest BCUT2D eigenvalue weighted by Gasteiger charge is 2.49. The number of amides is 2. The molecule has 8 aromatic rings. The Morgan fingerprint density at radius 2 is 0.667 bits per heavy atom. The van der Waals surface area contributed by atoms with Gasteiger partial charge in [0.2, 0.25) is 0 Å². The third-order valence-corrected chi connectivity index (χ3v) is 13.5. The number of aliphatic carboxylic acids is 1. The molecule has 0 saturated heterocycles. The Bertz CT molecular complexity index is 3150. The first-order valence-corrected chi connectivity index (χ1v) is 24.9. The molecule has 356 valence electrons. The molecule has 2 heterocycles. The van der Waals surface area contributed by atoms with Gasteiger partial charge in [0.25, 0.3) is 11.8 Å². The predicted molar refractivity (Wildman–Crippen MR) is 291 cm³/mol. The van der Waals surface area contributed by atoms with Crippen LogP contribution in [0.5, 0.6) is 0 Å². The molecule has 0 saturated carbocycles. The van der Waals surface area contributed by atoms with E-state index in [1.807, 2.05) is 121 Å². The molecule has 8 nitrogen and oxygen atoms in total. The number of anilines is 6. The largest absolute Gasteiger partial charge is 0.480 e. The molecule has 8 aromatic carbocycles. The average Bonchev–Trinajstić information content (AvgIpc) is 3.87. The van der Waals surface area contributed by atoms with Gasteiger partial charge in [-0.1, -0.05) is 185 Å². The number of fused-ring (bicyclic) bond motifs is 1. The van der Waals surface area contributed by atoms with Gasteiger partial charge in [-0.25, -0.2) is 0 Å². The lowest BCUT2D eigenvalue weighted by molar-refractivity contribution is -0.140. The van der Waals surface area contributed by atoms with Gasteiger partial charge in [0.05, 0.1) is 22.5 Å². The van der Waals surface area contributed by atoms with Crippen molar-refractivity contribution in [3.63, 3.8) is 0 Å². The zero-order valence-electron chi connectivity index (χ0n) is 40.4. The first-order chi connectivity index (χ1) is 35.4. The van der Waals surface area contributed by atoms with E-state index in [1.54, 1.807) is 4.90 Å². The van der Waals surface area contributed by atoms with Crippen molar-refractivity contribution in [1.82, 2.24) is 9.80 Å². The number of para-hydroxylation sites is 4. The molecule has 0 aliphatic carbocycles. The number of carboxylic acid groups (broad SMARTS) is 1. The monoisotopic (exact) mass is 944 g/mol. The lowest BCUT2D eigenvalue weighted by atomic mass is 9.98. The van der Waals surface area contributed by atoms with Crippen LogP contribution in [0.15, 0.2) is 230 Å². The van der Waals surface area contributed by atoms with Crippen molar-refractivity contribution in [3.8, 4) is 22.3 Å². The maximum Gasteiger partial charge on any atom is 0.323 e. The second kappa shape index (κ2) is 21.5. The minimum Gasteiger partial charge on any atom is -0.480 e. The predicted octanol–water partition coefficient (Wildman–Crippen LogP) is 15.2. The van der Waals surface area contributed by atoms with Crippen LogP contribution in [0, 0.1) is 0 Å². The van der Waals surface area contributed by atoms with Crippen LogP contribution < -0.4 is 9.80 Å². The number of carbonyl (C=O) groups excluding carboxylic acids is 2. The van der Waals surface area contributed by atoms with E-state index >= 15 is 0 Å². The first-order valence-electron chi connectivity index (χ1n) is 24.9. The van der Waals surface area contributed by atoms with Gasteiger partial charge in [-0.05, 0) is 113 Å². The van der Waals surface area contributed by atoms with E-state index in [1.165, 1.54) is 11.3 Å². The van der Waals surface area contributed by atoms with Crippen LogP contribution in [-0.4, -0.2) is 45.8 Å². The standard InChI is InChI=1S/C64H56N4O4/c1-2-3-4-5-6-19-44-65-61(50-32-28-46(29-33-50)48-36-40-56(41-37-48)67(52-20-11-7-12-21-52)53-22-13-8-14-23-53)59-60(63(65)71)62(66(64(59)72)45-58(69)70)51-34-30-47(31-35-51)49-38-42-57(43-39-49)68(54-24-15-9-16-25-54)55-26-17-10-18-27-55/h7-18,20-43H,2-6,19,44-45H2,1H3,(H,69,70). The van der Waals surface area contributed by atoms with E-state index < -0.39 is 18.4 Å². The van der Waals surface area contributed by atoms with Gasteiger partial charge in [-0.3, -0.25) is 19.3 Å². The summed E-state index contributed by atoms with van der Waals surface area (Å²) in [6, 6.07) is 73.6. The Labute approximate surface area is 422 Å². The summed E-state index contributed by atoms with van der Waals surface area (Å²) >= 11 is 0. The van der Waals surface area contributed by atoms with Crippen molar-refractivity contribution in [2.45, 2.75) is 45.4 Å². The quantitative estimate of drug-likeness (QED) is 0.0813. The second-order valence-corrected chi connectivity index (χ2v) is 18.2. The zero-order valence-corrected chi connectivity index (χ0v) is 40.4. The minimum absolute atomic E-state index is 0.252. The molecule has 0 aromatic heterocycles. The number of carbonyl (C=O) groups is 3. The zero-order chi connectivity index (χ0) is 49.4. The summed E-state index contributed by atoms with van der Waals surface area (Å²) in [6.07, 6.45) is 6.24. The fourth-order valence-electron chi connectivity index (χ4n) is 10.00. The van der Waals surface area contributed by atoms with Gasteiger partial charge < -0.3 is 19.8 Å². The van der Waals surface area contributed by atoms with Crippen molar-refractivity contribution in [2.75, 3.05) is 22.9 Å². The highest BCUT2D eigenvalue weighted by atomic mass is 16.4. The van der Waals surface area contributed by atoms with E-state index in [0.29, 0.717) is 23.5 Å². The Kier molecular flexibility index (Phi) is 14.0. The van der Waals surface area contributed by atoms with Crippen LogP contribution >= 0.6 is 0 Å². The number of hydrogen-bond donors (Lipinski definition) is 1. The topological polar surface area (TPSA) is 84.4 Å². The summed E-state index contributed by atoms with van der Waals surface area (Å²) < 4.78 is 0. The van der Waals surface area contributed by atoms with Gasteiger partial charge in [0, 0.05) is 40.7 Å². The van der Waals surface area contributed by atoms with Gasteiger partial charge in [-0.15, -0.1) is 0 Å². The van der Waals surface area contributed by atoms with Crippen molar-refractivity contribution < 1.29 is 19.5 Å². The van der Waals surface area contributed by atoms with Crippen LogP contribution in [0.2, 0.25) is 0 Å². The summed E-state index contributed by atoms with van der Waals surface area (Å²) in [7, 11) is 0. The molecule has 2 aliphatic heterocycles. The van der Waals surface area contributed by atoms with Crippen molar-refractivity contribution in [3.05, 3.63) is 241 Å². The molecule has 2 aliphatic rings.